The summed E-state index contributed by atoms with van der Waals surface area (Å²) >= 11 is 1.43. The molecule has 0 unspecified atom stereocenters. The number of amides is 1. The molecule has 0 aliphatic rings. The van der Waals surface area contributed by atoms with Crippen molar-refractivity contribution in [3.63, 3.8) is 0 Å². The first-order valence-electron chi connectivity index (χ1n) is 7.79. The molecule has 1 aromatic heterocycles. The van der Waals surface area contributed by atoms with Crippen LogP contribution in [0.15, 0.2) is 35.7 Å². The summed E-state index contributed by atoms with van der Waals surface area (Å²) in [5.41, 5.74) is 0.864. The van der Waals surface area contributed by atoms with Crippen molar-refractivity contribution in [1.82, 2.24) is 5.32 Å². The number of para-hydroxylation sites is 1. The van der Waals surface area contributed by atoms with Gasteiger partial charge in [0.05, 0.1) is 26.7 Å². The van der Waals surface area contributed by atoms with Crippen molar-refractivity contribution in [1.29, 1.82) is 0 Å². The molecule has 0 radical (unpaired) electrons. The topological polar surface area (TPSA) is 84.9 Å². The van der Waals surface area contributed by atoms with E-state index in [-0.39, 0.29) is 18.7 Å². The van der Waals surface area contributed by atoms with Gasteiger partial charge in [0.1, 0.15) is 0 Å². The molecule has 1 atom stereocenters. The summed E-state index contributed by atoms with van der Waals surface area (Å²) in [5.74, 6) is 0.0681. The number of hydrogen-bond acceptors (Lipinski definition) is 5. The summed E-state index contributed by atoms with van der Waals surface area (Å²) < 4.78 is 10.6. The number of thiophene rings is 1. The molecule has 25 heavy (non-hydrogen) atoms. The predicted octanol–water partition coefficient (Wildman–Crippen LogP) is 3.03. The van der Waals surface area contributed by atoms with E-state index in [1.807, 2.05) is 29.6 Å². The second-order valence-electron chi connectivity index (χ2n) is 5.39. The Balaban J connectivity index is 2.01. The first kappa shape index (κ1) is 18.8. The summed E-state index contributed by atoms with van der Waals surface area (Å²) in [6, 6.07) is 8.65. The van der Waals surface area contributed by atoms with Crippen molar-refractivity contribution in [2.45, 2.75) is 25.3 Å². The largest absolute Gasteiger partial charge is 0.493 e. The van der Waals surface area contributed by atoms with Crippen LogP contribution in [0.25, 0.3) is 0 Å². The van der Waals surface area contributed by atoms with Gasteiger partial charge in [0.2, 0.25) is 5.91 Å². The van der Waals surface area contributed by atoms with E-state index in [1.165, 1.54) is 11.3 Å². The summed E-state index contributed by atoms with van der Waals surface area (Å²) in [4.78, 5) is 24.2. The highest BCUT2D eigenvalue weighted by Crippen LogP contribution is 2.31. The van der Waals surface area contributed by atoms with E-state index in [0.29, 0.717) is 17.9 Å². The quantitative estimate of drug-likeness (QED) is 0.715. The Morgan fingerprint density at radius 3 is 2.60 bits per heavy atom. The molecule has 0 spiro atoms. The molecular formula is C18H21NO5S. The lowest BCUT2D eigenvalue weighted by Crippen LogP contribution is -2.29. The van der Waals surface area contributed by atoms with Crippen molar-refractivity contribution >= 4 is 23.2 Å². The third kappa shape index (κ3) is 5.22. The Hall–Kier alpha value is -2.54. The fourth-order valence-corrected chi connectivity index (χ4v) is 3.33. The van der Waals surface area contributed by atoms with Crippen molar-refractivity contribution in [2.24, 2.45) is 0 Å². The maximum Gasteiger partial charge on any atom is 0.305 e. The summed E-state index contributed by atoms with van der Waals surface area (Å²) in [7, 11) is 3.12. The van der Waals surface area contributed by atoms with Gasteiger partial charge in [-0.2, -0.15) is 0 Å². The Labute approximate surface area is 150 Å². The molecule has 1 amide bonds. The van der Waals surface area contributed by atoms with Crippen LogP contribution < -0.4 is 14.8 Å². The van der Waals surface area contributed by atoms with Crippen LogP contribution in [0.5, 0.6) is 11.5 Å². The van der Waals surface area contributed by atoms with E-state index < -0.39 is 12.0 Å². The standard InChI is InChI=1S/C18H21NO5S/c1-23-14-6-3-5-12(18(14)24-2)8-9-16(20)19-13(11-17(21)22)15-7-4-10-25-15/h3-7,10,13H,8-9,11H2,1-2H3,(H,19,20)(H,21,22)/t13-/m0/s1. The van der Waals surface area contributed by atoms with Crippen LogP contribution >= 0.6 is 11.3 Å². The van der Waals surface area contributed by atoms with Crippen LogP contribution in [0.3, 0.4) is 0 Å². The normalized spacial score (nSPS) is 11.6. The van der Waals surface area contributed by atoms with E-state index in [0.717, 1.165) is 10.4 Å². The molecule has 2 N–H and O–H groups in total. The first-order valence-corrected chi connectivity index (χ1v) is 8.67. The minimum Gasteiger partial charge on any atom is -0.493 e. The highest BCUT2D eigenvalue weighted by molar-refractivity contribution is 7.10. The van der Waals surface area contributed by atoms with Crippen LogP contribution in [-0.2, 0) is 16.0 Å². The zero-order valence-electron chi connectivity index (χ0n) is 14.2. The zero-order chi connectivity index (χ0) is 18.2. The summed E-state index contributed by atoms with van der Waals surface area (Å²) in [6.07, 6.45) is 0.552. The number of methoxy groups -OCH3 is 2. The van der Waals surface area contributed by atoms with Crippen molar-refractivity contribution in [3.8, 4) is 11.5 Å². The molecule has 0 aliphatic heterocycles. The predicted molar refractivity (Wildman–Crippen MR) is 95.3 cm³/mol. The van der Waals surface area contributed by atoms with Crippen LogP contribution in [0.2, 0.25) is 0 Å². The van der Waals surface area contributed by atoms with Crippen LogP contribution in [0.4, 0.5) is 0 Å². The van der Waals surface area contributed by atoms with Crippen molar-refractivity contribution in [3.05, 3.63) is 46.2 Å². The van der Waals surface area contributed by atoms with E-state index in [1.54, 1.807) is 20.3 Å². The molecule has 0 bridgehead atoms. The zero-order valence-corrected chi connectivity index (χ0v) is 15.0. The maximum absolute atomic E-state index is 12.3. The average Bonchev–Trinajstić information content (AvgIpc) is 3.13. The molecule has 0 fully saturated rings. The molecule has 2 aromatic rings. The third-order valence-electron chi connectivity index (χ3n) is 3.71. The Kier molecular flexibility index (Phi) is 6.82. The monoisotopic (exact) mass is 363 g/mol. The number of benzene rings is 1. The van der Waals surface area contributed by atoms with E-state index in [4.69, 9.17) is 14.6 Å². The molecule has 2 rings (SSSR count). The van der Waals surface area contributed by atoms with Gasteiger partial charge in [0.25, 0.3) is 0 Å². The molecular weight excluding hydrogens is 342 g/mol. The lowest BCUT2D eigenvalue weighted by atomic mass is 10.1. The van der Waals surface area contributed by atoms with Gasteiger partial charge in [0, 0.05) is 11.3 Å². The van der Waals surface area contributed by atoms with Gasteiger partial charge >= 0.3 is 5.97 Å². The molecule has 0 saturated heterocycles. The molecule has 1 heterocycles. The highest BCUT2D eigenvalue weighted by atomic mass is 32.1. The molecule has 0 aliphatic carbocycles. The number of aryl methyl sites for hydroxylation is 1. The van der Waals surface area contributed by atoms with Crippen LogP contribution in [-0.4, -0.2) is 31.2 Å². The van der Waals surface area contributed by atoms with E-state index in [2.05, 4.69) is 5.32 Å². The number of nitrogens with one attached hydrogen (secondary N) is 1. The fourth-order valence-electron chi connectivity index (χ4n) is 2.55. The summed E-state index contributed by atoms with van der Waals surface area (Å²) in [6.45, 7) is 0. The van der Waals surface area contributed by atoms with Gasteiger partial charge in [-0.15, -0.1) is 11.3 Å². The number of ether oxygens (including phenoxy) is 2. The number of carboxylic acid groups (broad SMARTS) is 1. The maximum atomic E-state index is 12.3. The second-order valence-corrected chi connectivity index (χ2v) is 6.37. The van der Waals surface area contributed by atoms with E-state index in [9.17, 15) is 9.59 Å². The van der Waals surface area contributed by atoms with Gasteiger partial charge < -0.3 is 19.9 Å². The Bertz CT molecular complexity index is 714. The first-order chi connectivity index (χ1) is 12.0. The van der Waals surface area contributed by atoms with Gasteiger partial charge in [-0.05, 0) is 29.5 Å². The number of carboxylic acids is 1. The average molecular weight is 363 g/mol. The number of hydrogen-bond donors (Lipinski definition) is 2. The SMILES string of the molecule is COc1cccc(CCC(=O)N[C@@H](CC(=O)O)c2cccs2)c1OC. The molecule has 7 heteroatoms. The second kappa shape index (κ2) is 9.08. The van der Waals surface area contributed by atoms with Gasteiger partial charge in [-0.3, -0.25) is 9.59 Å². The fraction of sp³-hybridized carbons (Fsp3) is 0.333. The Morgan fingerprint density at radius 2 is 2.00 bits per heavy atom. The minimum atomic E-state index is -0.951. The lowest BCUT2D eigenvalue weighted by Gasteiger charge is -2.16. The Morgan fingerprint density at radius 1 is 1.20 bits per heavy atom. The minimum absolute atomic E-state index is 0.144. The number of carbonyl (C=O) groups is 2. The summed E-state index contributed by atoms with van der Waals surface area (Å²) in [5, 5.41) is 13.7. The molecule has 134 valence electrons. The van der Waals surface area contributed by atoms with Crippen molar-refractivity contribution in [2.75, 3.05) is 14.2 Å². The molecule has 6 nitrogen and oxygen atoms in total. The third-order valence-corrected chi connectivity index (χ3v) is 4.69. The van der Waals surface area contributed by atoms with Crippen LogP contribution in [0.1, 0.15) is 29.3 Å². The molecule has 0 saturated carbocycles. The molecule has 1 aromatic carbocycles. The lowest BCUT2D eigenvalue weighted by molar-refractivity contribution is -0.137. The van der Waals surface area contributed by atoms with E-state index >= 15 is 0 Å². The van der Waals surface area contributed by atoms with Crippen molar-refractivity contribution < 1.29 is 24.2 Å². The van der Waals surface area contributed by atoms with Crippen LogP contribution in [0, 0.1) is 0 Å². The van der Waals surface area contributed by atoms with Gasteiger partial charge in [-0.1, -0.05) is 18.2 Å². The smallest absolute Gasteiger partial charge is 0.305 e. The number of rotatable bonds is 9. The number of aliphatic carboxylic acids is 1. The van der Waals surface area contributed by atoms with Gasteiger partial charge in [-0.25, -0.2) is 0 Å². The highest BCUT2D eigenvalue weighted by Gasteiger charge is 2.19. The van der Waals surface area contributed by atoms with Gasteiger partial charge in [0.15, 0.2) is 11.5 Å². The number of carbonyl (C=O) groups excluding carboxylic acids is 1.